The molecule has 1 unspecified atom stereocenters. The second-order valence-corrected chi connectivity index (χ2v) is 11.6. The topological polar surface area (TPSA) is 161 Å². The lowest BCUT2D eigenvalue weighted by Crippen LogP contribution is -2.51. The number of nitrogens with zero attached hydrogens (tertiary/aromatic N) is 3. The van der Waals surface area contributed by atoms with Crippen LogP contribution in [0.4, 0.5) is 10.5 Å². The molecular formula is C29H39ClN6O6S. The summed E-state index contributed by atoms with van der Waals surface area (Å²) in [4.78, 5) is 43.6. The summed E-state index contributed by atoms with van der Waals surface area (Å²) in [6, 6.07) is 6.22. The number of fused-ring (bicyclic) bond motifs is 1. The number of carbonyl (C=O) groups is 3. The highest BCUT2D eigenvalue weighted by Crippen LogP contribution is 2.34. The number of aliphatic hydroxyl groups excluding tert-OH is 1. The molecule has 3 heterocycles. The third kappa shape index (κ3) is 8.68. The van der Waals surface area contributed by atoms with Crippen molar-refractivity contribution in [1.29, 1.82) is 0 Å². The predicted molar refractivity (Wildman–Crippen MR) is 169 cm³/mol. The molecule has 12 nitrogen and oxygen atoms in total. The van der Waals surface area contributed by atoms with E-state index in [1.165, 1.54) is 7.11 Å². The summed E-state index contributed by atoms with van der Waals surface area (Å²) in [7, 11) is 1.52. The number of anilines is 1. The van der Waals surface area contributed by atoms with Crippen molar-refractivity contribution in [2.24, 2.45) is 5.73 Å². The number of amides is 3. The van der Waals surface area contributed by atoms with Crippen molar-refractivity contribution in [2.75, 3.05) is 25.1 Å². The van der Waals surface area contributed by atoms with Gasteiger partial charge in [-0.2, -0.15) is 13.5 Å². The molecule has 0 spiro atoms. The molecule has 0 saturated carbocycles. The van der Waals surface area contributed by atoms with Crippen molar-refractivity contribution in [3.8, 4) is 17.0 Å². The van der Waals surface area contributed by atoms with E-state index in [0.717, 1.165) is 5.69 Å². The number of rotatable bonds is 10. The van der Waals surface area contributed by atoms with E-state index in [1.54, 1.807) is 32.9 Å². The number of hydrogen-bond donors (Lipinski definition) is 4. The predicted octanol–water partition coefficient (Wildman–Crippen LogP) is 3.12. The largest absolute Gasteiger partial charge is 0.495 e. The van der Waals surface area contributed by atoms with Crippen LogP contribution in [0.3, 0.4) is 0 Å². The minimum atomic E-state index is -0.962. The number of aliphatic hydroxyl groups is 1. The second-order valence-electron chi connectivity index (χ2n) is 11.2. The normalized spacial score (nSPS) is 15.5. The first-order valence-corrected chi connectivity index (χ1v) is 14.0. The van der Waals surface area contributed by atoms with Crippen LogP contribution in [-0.4, -0.2) is 70.3 Å². The first-order valence-electron chi connectivity index (χ1n) is 13.7. The Kier molecular flexibility index (Phi) is 11.2. The molecule has 1 fully saturated rings. The number of nitrogens with two attached hydrogens (primary N) is 1. The number of nitrogens with one attached hydrogen (secondary N) is 2. The number of imidazole rings is 1. The first kappa shape index (κ1) is 33.8. The average molecular weight is 635 g/mol. The van der Waals surface area contributed by atoms with E-state index in [0.29, 0.717) is 52.8 Å². The molecule has 4 rings (SSSR count). The summed E-state index contributed by atoms with van der Waals surface area (Å²) in [6.07, 6.45) is 3.73. The fourth-order valence-electron chi connectivity index (χ4n) is 4.84. The van der Waals surface area contributed by atoms with Crippen molar-refractivity contribution < 1.29 is 29.0 Å². The van der Waals surface area contributed by atoms with Crippen LogP contribution in [0.25, 0.3) is 16.9 Å². The highest BCUT2D eigenvalue weighted by molar-refractivity contribution is 7.59. The molecule has 1 saturated heterocycles. The highest BCUT2D eigenvalue weighted by Gasteiger charge is 2.29. The van der Waals surface area contributed by atoms with Gasteiger partial charge in [-0.15, -0.1) is 0 Å². The maximum absolute atomic E-state index is 13.1. The van der Waals surface area contributed by atoms with Crippen LogP contribution in [0.5, 0.6) is 5.75 Å². The van der Waals surface area contributed by atoms with Gasteiger partial charge in [0.15, 0.2) is 0 Å². The van der Waals surface area contributed by atoms with Gasteiger partial charge < -0.3 is 40.2 Å². The Bertz CT molecular complexity index is 1480. The van der Waals surface area contributed by atoms with Gasteiger partial charge in [0.05, 0.1) is 24.4 Å². The molecule has 5 N–H and O–H groups in total. The molecule has 2 atom stereocenters. The van der Waals surface area contributed by atoms with E-state index in [1.807, 2.05) is 28.9 Å². The number of pyridine rings is 1. The van der Waals surface area contributed by atoms with Gasteiger partial charge in [-0.1, -0.05) is 11.6 Å². The van der Waals surface area contributed by atoms with Crippen molar-refractivity contribution in [3.05, 3.63) is 47.2 Å². The van der Waals surface area contributed by atoms with Crippen LogP contribution in [0.15, 0.2) is 36.7 Å². The smallest absolute Gasteiger partial charge is 0.408 e. The molecule has 2 aromatic heterocycles. The lowest BCUT2D eigenvalue weighted by Gasteiger charge is -2.24. The maximum atomic E-state index is 13.1. The zero-order valence-corrected chi connectivity index (χ0v) is 26.4. The second kappa shape index (κ2) is 14.2. The summed E-state index contributed by atoms with van der Waals surface area (Å²) in [6.45, 7) is 6.22. The van der Waals surface area contributed by atoms with E-state index in [4.69, 9.17) is 31.8 Å². The SMILES string of the molecule is COc1cc(CO)c(-c2cn3ccc(N4CCC(NC(=O)[C@H](CCC(N)=O)NC(=O)OC(C)(C)C)C4)cc3n2)cc1Cl.S. The quantitative estimate of drug-likeness (QED) is 0.265. The summed E-state index contributed by atoms with van der Waals surface area (Å²) >= 11 is 6.34. The Hall–Kier alpha value is -3.68. The number of hydrogen-bond acceptors (Lipinski definition) is 8. The Morgan fingerprint density at radius 1 is 1.26 bits per heavy atom. The number of methoxy groups -OCH3 is 1. The maximum Gasteiger partial charge on any atom is 0.408 e. The number of halogens is 1. The van der Waals surface area contributed by atoms with Gasteiger partial charge in [-0.3, -0.25) is 9.59 Å². The molecule has 14 heteroatoms. The molecule has 0 aliphatic carbocycles. The highest BCUT2D eigenvalue weighted by atomic mass is 35.5. The summed E-state index contributed by atoms with van der Waals surface area (Å²) in [5, 5.41) is 15.9. The molecule has 43 heavy (non-hydrogen) atoms. The average Bonchev–Trinajstić information content (AvgIpc) is 3.56. The summed E-state index contributed by atoms with van der Waals surface area (Å²) < 4.78 is 12.4. The Morgan fingerprint density at radius 3 is 2.65 bits per heavy atom. The van der Waals surface area contributed by atoms with Crippen LogP contribution in [0.2, 0.25) is 5.02 Å². The summed E-state index contributed by atoms with van der Waals surface area (Å²) in [5.41, 5.74) is 8.20. The number of carbonyl (C=O) groups excluding carboxylic acids is 3. The van der Waals surface area contributed by atoms with Crippen molar-refractivity contribution in [3.63, 3.8) is 0 Å². The van der Waals surface area contributed by atoms with Gasteiger partial charge in [-0.25, -0.2) is 9.78 Å². The number of aromatic nitrogens is 2. The fraction of sp³-hybridized carbons (Fsp3) is 0.448. The van der Waals surface area contributed by atoms with Crippen LogP contribution in [0, 0.1) is 0 Å². The minimum Gasteiger partial charge on any atom is -0.495 e. The Morgan fingerprint density at radius 2 is 2.00 bits per heavy atom. The van der Waals surface area contributed by atoms with E-state index in [2.05, 4.69) is 15.5 Å². The van der Waals surface area contributed by atoms with E-state index in [-0.39, 0.29) is 39.0 Å². The molecule has 0 bridgehead atoms. The Balaban J connectivity index is 0.00000506. The van der Waals surface area contributed by atoms with Crippen LogP contribution in [0.1, 0.15) is 45.6 Å². The molecule has 3 amide bonds. The standard InChI is InChI=1S/C29H37ClN6O6.H2S/c1-29(2,3)42-28(40)34-22(5-6-25(31)38)27(39)32-18-7-9-35(14-18)19-8-10-36-15-23(33-26(36)12-19)20-13-21(30)24(41-4)11-17(20)16-37;/h8,10-13,15,18,22,37H,5-7,9,14,16H2,1-4H3,(H2,31,38)(H,32,39)(H,34,40);1H2/t18?,22-;/m0./s1. The number of alkyl carbamates (subject to hydrolysis) is 1. The first-order chi connectivity index (χ1) is 19.9. The van der Waals surface area contributed by atoms with Crippen LogP contribution >= 0.6 is 25.1 Å². The Labute approximate surface area is 262 Å². The molecule has 1 aliphatic heterocycles. The van der Waals surface area contributed by atoms with Gasteiger partial charge >= 0.3 is 6.09 Å². The number of primary amides is 1. The molecule has 0 radical (unpaired) electrons. The van der Waals surface area contributed by atoms with Crippen LogP contribution in [-0.2, 0) is 20.9 Å². The fourth-order valence-corrected chi connectivity index (χ4v) is 5.08. The third-order valence-electron chi connectivity index (χ3n) is 6.85. The number of benzene rings is 1. The van der Waals surface area contributed by atoms with E-state index in [9.17, 15) is 19.5 Å². The van der Waals surface area contributed by atoms with E-state index < -0.39 is 29.6 Å². The zero-order valence-electron chi connectivity index (χ0n) is 24.6. The lowest BCUT2D eigenvalue weighted by atomic mass is 10.1. The monoisotopic (exact) mass is 634 g/mol. The van der Waals surface area contributed by atoms with Gasteiger partial charge in [0.25, 0.3) is 0 Å². The molecule has 3 aromatic rings. The van der Waals surface area contributed by atoms with Gasteiger partial charge in [0.1, 0.15) is 23.0 Å². The van der Waals surface area contributed by atoms with Gasteiger partial charge in [0.2, 0.25) is 11.8 Å². The van der Waals surface area contributed by atoms with Crippen molar-refractivity contribution in [2.45, 2.75) is 64.3 Å². The van der Waals surface area contributed by atoms with Crippen LogP contribution < -0.4 is 26.0 Å². The number of ether oxygens (including phenoxy) is 2. The van der Waals surface area contributed by atoms with Crippen molar-refractivity contribution in [1.82, 2.24) is 20.0 Å². The third-order valence-corrected chi connectivity index (χ3v) is 7.15. The molecule has 234 valence electrons. The minimum absolute atomic E-state index is 0. The molecule has 1 aromatic carbocycles. The van der Waals surface area contributed by atoms with Crippen molar-refractivity contribution >= 4 is 54.3 Å². The zero-order chi connectivity index (χ0) is 30.6. The van der Waals surface area contributed by atoms with E-state index >= 15 is 0 Å². The summed E-state index contributed by atoms with van der Waals surface area (Å²) in [5.74, 6) is -0.489. The van der Waals surface area contributed by atoms with Gasteiger partial charge in [-0.05, 0) is 57.4 Å². The molecular weight excluding hydrogens is 596 g/mol. The van der Waals surface area contributed by atoms with Gasteiger partial charge in [0, 0.05) is 55.3 Å². The molecule has 1 aliphatic rings. The lowest BCUT2D eigenvalue weighted by molar-refractivity contribution is -0.124.